The van der Waals surface area contributed by atoms with Gasteiger partial charge in [-0.25, -0.2) is 9.38 Å². The number of amidine groups is 1. The van der Waals surface area contributed by atoms with Crippen molar-refractivity contribution in [1.29, 1.82) is 0 Å². The second-order valence-corrected chi connectivity index (χ2v) is 6.36. The van der Waals surface area contributed by atoms with Crippen molar-refractivity contribution in [3.8, 4) is 0 Å². The second kappa shape index (κ2) is 7.00. The zero-order valence-electron chi connectivity index (χ0n) is 14.8. The molecule has 1 aliphatic heterocycles. The Morgan fingerprint density at radius 2 is 1.67 bits per heavy atom. The molecule has 0 spiro atoms. The summed E-state index contributed by atoms with van der Waals surface area (Å²) in [6.07, 6.45) is 1.68. The van der Waals surface area contributed by atoms with Crippen molar-refractivity contribution >= 4 is 23.5 Å². The van der Waals surface area contributed by atoms with Gasteiger partial charge < -0.3 is 0 Å². The van der Waals surface area contributed by atoms with Gasteiger partial charge in [0.15, 0.2) is 0 Å². The van der Waals surface area contributed by atoms with Crippen LogP contribution in [0, 0.1) is 12.7 Å². The highest BCUT2D eigenvalue weighted by molar-refractivity contribution is 6.33. The van der Waals surface area contributed by atoms with Crippen LogP contribution in [0.5, 0.6) is 0 Å². The lowest BCUT2D eigenvalue weighted by molar-refractivity contribution is -0.113. The summed E-state index contributed by atoms with van der Waals surface area (Å²) in [6, 6.07) is 23.3. The van der Waals surface area contributed by atoms with Gasteiger partial charge in [0, 0.05) is 5.56 Å². The molecule has 0 N–H and O–H groups in total. The SMILES string of the molecule is Cc1cccc(C2=N/C(=C/c3ccc(F)cc3)C(=O)N2c2ccccc2)c1. The normalized spacial score (nSPS) is 15.3. The molecule has 1 amide bonds. The van der Waals surface area contributed by atoms with Crippen molar-refractivity contribution in [2.24, 2.45) is 4.99 Å². The number of aliphatic imine (C=N–C) groups is 1. The fraction of sp³-hybridized carbons (Fsp3) is 0.0435. The average molecular weight is 356 g/mol. The number of nitrogens with zero attached hydrogens (tertiary/aromatic N) is 2. The van der Waals surface area contributed by atoms with Crippen molar-refractivity contribution in [2.75, 3.05) is 4.90 Å². The largest absolute Gasteiger partial charge is 0.282 e. The number of carbonyl (C=O) groups excluding carboxylic acids is 1. The Kier molecular flexibility index (Phi) is 4.38. The fourth-order valence-electron chi connectivity index (χ4n) is 3.03. The third-order valence-corrected chi connectivity index (χ3v) is 4.32. The first-order chi connectivity index (χ1) is 13.1. The number of hydrogen-bond donors (Lipinski definition) is 0. The minimum Gasteiger partial charge on any atom is -0.266 e. The van der Waals surface area contributed by atoms with Crippen LogP contribution in [0.1, 0.15) is 16.7 Å². The smallest absolute Gasteiger partial charge is 0.266 e. The zero-order chi connectivity index (χ0) is 18.8. The summed E-state index contributed by atoms with van der Waals surface area (Å²) in [5, 5.41) is 0. The van der Waals surface area contributed by atoms with Gasteiger partial charge in [-0.05, 0) is 48.9 Å². The van der Waals surface area contributed by atoms with Crippen molar-refractivity contribution < 1.29 is 9.18 Å². The molecule has 27 heavy (non-hydrogen) atoms. The maximum Gasteiger partial charge on any atom is 0.282 e. The monoisotopic (exact) mass is 356 g/mol. The molecule has 4 heteroatoms. The van der Waals surface area contributed by atoms with Gasteiger partial charge in [0.25, 0.3) is 5.91 Å². The molecule has 3 nitrogen and oxygen atoms in total. The van der Waals surface area contributed by atoms with Crippen LogP contribution in [-0.4, -0.2) is 11.7 Å². The lowest BCUT2D eigenvalue weighted by atomic mass is 10.1. The van der Waals surface area contributed by atoms with Gasteiger partial charge in [-0.2, -0.15) is 0 Å². The number of para-hydroxylation sites is 1. The van der Waals surface area contributed by atoms with Crippen molar-refractivity contribution in [3.05, 3.63) is 107 Å². The molecule has 0 saturated carbocycles. The number of carbonyl (C=O) groups is 1. The molecule has 0 radical (unpaired) electrons. The number of rotatable bonds is 3. The van der Waals surface area contributed by atoms with Gasteiger partial charge in [0.05, 0.1) is 5.69 Å². The van der Waals surface area contributed by atoms with Crippen LogP contribution < -0.4 is 4.90 Å². The van der Waals surface area contributed by atoms with E-state index >= 15 is 0 Å². The molecule has 0 unspecified atom stereocenters. The van der Waals surface area contributed by atoms with Gasteiger partial charge in [0.1, 0.15) is 17.3 Å². The Balaban J connectivity index is 1.82. The summed E-state index contributed by atoms with van der Waals surface area (Å²) in [5.74, 6) is 0.0649. The van der Waals surface area contributed by atoms with Crippen LogP contribution in [0.2, 0.25) is 0 Å². The van der Waals surface area contributed by atoms with Crippen molar-refractivity contribution in [1.82, 2.24) is 0 Å². The van der Waals surface area contributed by atoms with Gasteiger partial charge >= 0.3 is 0 Å². The van der Waals surface area contributed by atoms with Crippen LogP contribution in [0.4, 0.5) is 10.1 Å². The van der Waals surface area contributed by atoms with Crippen LogP contribution in [0.25, 0.3) is 6.08 Å². The molecule has 3 aromatic carbocycles. The fourth-order valence-corrected chi connectivity index (χ4v) is 3.03. The molecule has 1 heterocycles. The third kappa shape index (κ3) is 3.42. The number of amides is 1. The summed E-state index contributed by atoms with van der Waals surface area (Å²) in [4.78, 5) is 19.3. The molecule has 1 aliphatic rings. The van der Waals surface area contributed by atoms with E-state index in [2.05, 4.69) is 4.99 Å². The highest BCUT2D eigenvalue weighted by Crippen LogP contribution is 2.28. The molecule has 0 aromatic heterocycles. The summed E-state index contributed by atoms with van der Waals surface area (Å²) >= 11 is 0. The van der Waals surface area contributed by atoms with Crippen LogP contribution in [0.3, 0.4) is 0 Å². The maximum atomic E-state index is 13.2. The summed E-state index contributed by atoms with van der Waals surface area (Å²) in [5.41, 5.74) is 3.76. The van der Waals surface area contributed by atoms with E-state index in [4.69, 9.17) is 0 Å². The van der Waals surface area contributed by atoms with Gasteiger partial charge in [0.2, 0.25) is 0 Å². The quantitative estimate of drug-likeness (QED) is 0.610. The Bertz CT molecular complexity index is 1050. The van der Waals surface area contributed by atoms with Crippen LogP contribution in [0.15, 0.2) is 89.6 Å². The first kappa shape index (κ1) is 16.9. The number of aryl methyl sites for hydroxylation is 1. The highest BCUT2D eigenvalue weighted by Gasteiger charge is 2.32. The van der Waals surface area contributed by atoms with E-state index in [-0.39, 0.29) is 11.7 Å². The Morgan fingerprint density at radius 1 is 0.926 bits per heavy atom. The summed E-state index contributed by atoms with van der Waals surface area (Å²) in [6.45, 7) is 2.00. The molecule has 4 rings (SSSR count). The van der Waals surface area contributed by atoms with E-state index in [1.165, 1.54) is 12.1 Å². The molecule has 0 saturated heterocycles. The van der Waals surface area contributed by atoms with E-state index in [0.29, 0.717) is 11.5 Å². The predicted octanol–water partition coefficient (Wildman–Crippen LogP) is 4.97. The van der Waals surface area contributed by atoms with Gasteiger partial charge in [-0.1, -0.05) is 54.1 Å². The molecule has 0 aliphatic carbocycles. The maximum absolute atomic E-state index is 13.2. The third-order valence-electron chi connectivity index (χ3n) is 4.32. The minimum absolute atomic E-state index is 0.206. The van der Waals surface area contributed by atoms with E-state index in [1.54, 1.807) is 23.1 Å². The molecule has 0 fully saturated rings. The lowest BCUT2D eigenvalue weighted by Crippen LogP contribution is -2.32. The number of hydrogen-bond acceptors (Lipinski definition) is 2. The molecular formula is C23H17FN2O. The van der Waals surface area contributed by atoms with Gasteiger partial charge in [-0.3, -0.25) is 9.69 Å². The van der Waals surface area contributed by atoms with E-state index in [9.17, 15) is 9.18 Å². The molecule has 0 bridgehead atoms. The standard InChI is InChI=1S/C23H17FN2O/c1-16-6-5-7-18(14-16)22-25-21(15-17-10-12-19(24)13-11-17)23(27)26(22)20-8-3-2-4-9-20/h2-15H,1H3/b21-15+. The molecule has 0 atom stereocenters. The first-order valence-corrected chi connectivity index (χ1v) is 8.64. The molecular weight excluding hydrogens is 339 g/mol. The molecule has 132 valence electrons. The van der Waals surface area contributed by atoms with E-state index in [0.717, 1.165) is 22.4 Å². The Labute approximate surface area is 157 Å². The number of benzene rings is 3. The predicted molar refractivity (Wildman–Crippen MR) is 106 cm³/mol. The Morgan fingerprint density at radius 3 is 2.37 bits per heavy atom. The van der Waals surface area contributed by atoms with Crippen LogP contribution in [-0.2, 0) is 4.79 Å². The minimum atomic E-state index is -0.315. The summed E-state index contributed by atoms with van der Waals surface area (Å²) < 4.78 is 13.2. The van der Waals surface area contributed by atoms with Gasteiger partial charge in [-0.15, -0.1) is 0 Å². The average Bonchev–Trinajstić information content (AvgIpc) is 3.01. The number of anilines is 1. The zero-order valence-corrected chi connectivity index (χ0v) is 14.8. The van der Waals surface area contributed by atoms with Crippen molar-refractivity contribution in [3.63, 3.8) is 0 Å². The highest BCUT2D eigenvalue weighted by atomic mass is 19.1. The summed E-state index contributed by atoms with van der Waals surface area (Å²) in [7, 11) is 0. The number of halogens is 1. The van der Waals surface area contributed by atoms with Crippen LogP contribution >= 0.6 is 0 Å². The lowest BCUT2D eigenvalue weighted by Gasteiger charge is -2.18. The van der Waals surface area contributed by atoms with Crippen molar-refractivity contribution in [2.45, 2.75) is 6.92 Å². The molecule has 3 aromatic rings. The second-order valence-electron chi connectivity index (χ2n) is 6.36. The van der Waals surface area contributed by atoms with E-state index < -0.39 is 0 Å². The van der Waals surface area contributed by atoms with E-state index in [1.807, 2.05) is 61.5 Å². The first-order valence-electron chi connectivity index (χ1n) is 8.64. The Hall–Kier alpha value is -3.53. The topological polar surface area (TPSA) is 32.7 Å².